The average molecular weight is 316 g/mol. The van der Waals surface area contributed by atoms with Crippen LogP contribution in [0.1, 0.15) is 31.6 Å². The van der Waals surface area contributed by atoms with Crippen molar-refractivity contribution in [3.8, 4) is 0 Å². The molecule has 0 saturated carbocycles. The van der Waals surface area contributed by atoms with Gasteiger partial charge in [-0.05, 0) is 39.3 Å². The van der Waals surface area contributed by atoms with Crippen LogP contribution in [0.2, 0.25) is 0 Å². The van der Waals surface area contributed by atoms with Crippen LogP contribution in [0.4, 0.5) is 0 Å². The van der Waals surface area contributed by atoms with E-state index < -0.39 is 16.3 Å². The number of rotatable bonds is 6. The SMILES string of the molecule is CNCC1CCCN(S(=O)(=O)NC(C)c2nncn2C)C1. The molecule has 2 rings (SSSR count). The maximum atomic E-state index is 12.5. The van der Waals surface area contributed by atoms with Gasteiger partial charge in [0.25, 0.3) is 10.2 Å². The average Bonchev–Trinajstić information content (AvgIpc) is 2.85. The Bertz CT molecular complexity index is 556. The lowest BCUT2D eigenvalue weighted by Gasteiger charge is -2.32. The van der Waals surface area contributed by atoms with Crippen molar-refractivity contribution in [2.45, 2.75) is 25.8 Å². The van der Waals surface area contributed by atoms with Gasteiger partial charge >= 0.3 is 0 Å². The van der Waals surface area contributed by atoms with Gasteiger partial charge in [-0.3, -0.25) is 0 Å². The van der Waals surface area contributed by atoms with Crippen LogP contribution in [0.15, 0.2) is 6.33 Å². The van der Waals surface area contributed by atoms with Gasteiger partial charge in [-0.15, -0.1) is 10.2 Å². The van der Waals surface area contributed by atoms with Gasteiger partial charge in [-0.1, -0.05) is 0 Å². The third kappa shape index (κ3) is 4.00. The molecule has 2 unspecified atom stereocenters. The molecule has 9 heteroatoms. The van der Waals surface area contributed by atoms with Gasteiger partial charge in [0.2, 0.25) is 0 Å². The molecule has 0 amide bonds. The van der Waals surface area contributed by atoms with Gasteiger partial charge < -0.3 is 9.88 Å². The summed E-state index contributed by atoms with van der Waals surface area (Å²) >= 11 is 0. The third-order valence-electron chi connectivity index (χ3n) is 3.77. The van der Waals surface area contributed by atoms with Gasteiger partial charge in [0.1, 0.15) is 6.33 Å². The Morgan fingerprint density at radius 1 is 1.52 bits per heavy atom. The first-order chi connectivity index (χ1) is 9.94. The van der Waals surface area contributed by atoms with E-state index in [1.54, 1.807) is 24.9 Å². The number of nitrogens with one attached hydrogen (secondary N) is 2. The van der Waals surface area contributed by atoms with Crippen LogP contribution in [-0.4, -0.2) is 54.2 Å². The molecule has 0 aromatic carbocycles. The molecule has 8 nitrogen and oxygen atoms in total. The molecule has 21 heavy (non-hydrogen) atoms. The van der Waals surface area contributed by atoms with E-state index in [1.807, 2.05) is 7.05 Å². The predicted molar refractivity (Wildman–Crippen MR) is 79.7 cm³/mol. The van der Waals surface area contributed by atoms with Gasteiger partial charge in [-0.2, -0.15) is 17.4 Å². The molecule has 2 N–H and O–H groups in total. The van der Waals surface area contributed by atoms with E-state index >= 15 is 0 Å². The van der Waals surface area contributed by atoms with Gasteiger partial charge in [0.15, 0.2) is 5.82 Å². The highest BCUT2D eigenvalue weighted by atomic mass is 32.2. The second kappa shape index (κ2) is 6.82. The second-order valence-corrected chi connectivity index (χ2v) is 7.27. The van der Waals surface area contributed by atoms with Crippen molar-refractivity contribution in [1.82, 2.24) is 29.1 Å². The van der Waals surface area contributed by atoms with Crippen LogP contribution in [-0.2, 0) is 17.3 Å². The minimum Gasteiger partial charge on any atom is -0.319 e. The summed E-state index contributed by atoms with van der Waals surface area (Å²) in [4.78, 5) is 0. The van der Waals surface area contributed by atoms with E-state index in [1.165, 1.54) is 4.31 Å². The molecule has 0 bridgehead atoms. The summed E-state index contributed by atoms with van der Waals surface area (Å²) in [7, 11) is 0.184. The summed E-state index contributed by atoms with van der Waals surface area (Å²) in [6, 6.07) is -0.410. The highest BCUT2D eigenvalue weighted by Gasteiger charge is 2.30. The normalized spacial score (nSPS) is 22.3. The van der Waals surface area contributed by atoms with Crippen molar-refractivity contribution < 1.29 is 8.42 Å². The van der Waals surface area contributed by atoms with Crippen molar-refractivity contribution in [3.63, 3.8) is 0 Å². The summed E-state index contributed by atoms with van der Waals surface area (Å²) in [5.41, 5.74) is 0. The summed E-state index contributed by atoms with van der Waals surface area (Å²) in [6.07, 6.45) is 3.52. The first kappa shape index (κ1) is 16.3. The number of piperidine rings is 1. The zero-order valence-corrected chi connectivity index (χ0v) is 13.6. The zero-order valence-electron chi connectivity index (χ0n) is 12.8. The molecule has 1 fully saturated rings. The summed E-state index contributed by atoms with van der Waals surface area (Å²) < 4.78 is 30.9. The number of nitrogens with zero attached hydrogens (tertiary/aromatic N) is 4. The first-order valence-corrected chi connectivity index (χ1v) is 8.64. The fraction of sp³-hybridized carbons (Fsp3) is 0.833. The van der Waals surface area contributed by atoms with Gasteiger partial charge in [0, 0.05) is 20.1 Å². The first-order valence-electron chi connectivity index (χ1n) is 7.20. The van der Waals surface area contributed by atoms with Gasteiger partial charge in [-0.25, -0.2) is 0 Å². The number of hydrogen-bond acceptors (Lipinski definition) is 5. The standard InChI is InChI=1S/C12H24N6O2S/c1-10(12-15-14-9-17(12)3)16-21(19,20)18-6-4-5-11(8-18)7-13-2/h9-11,13,16H,4-8H2,1-3H3. The summed E-state index contributed by atoms with van der Waals surface area (Å²) in [6.45, 7) is 3.74. The smallest absolute Gasteiger partial charge is 0.280 e. The van der Waals surface area contributed by atoms with Crippen molar-refractivity contribution >= 4 is 10.2 Å². The summed E-state index contributed by atoms with van der Waals surface area (Å²) in [5.74, 6) is 0.966. The van der Waals surface area contributed by atoms with Gasteiger partial charge in [0.05, 0.1) is 6.04 Å². The number of aromatic nitrogens is 3. The minimum atomic E-state index is -3.50. The third-order valence-corrected chi connectivity index (χ3v) is 5.44. The Kier molecular flexibility index (Phi) is 5.31. The number of aryl methyl sites for hydroxylation is 1. The molecular formula is C12H24N6O2S. The van der Waals surface area contributed by atoms with Crippen molar-refractivity contribution in [1.29, 1.82) is 0 Å². The minimum absolute atomic E-state index is 0.366. The quantitative estimate of drug-likeness (QED) is 0.748. The molecule has 0 radical (unpaired) electrons. The highest BCUT2D eigenvalue weighted by Crippen LogP contribution is 2.19. The maximum Gasteiger partial charge on any atom is 0.280 e. The molecule has 1 saturated heterocycles. The maximum absolute atomic E-state index is 12.5. The van der Waals surface area contributed by atoms with E-state index in [2.05, 4.69) is 20.2 Å². The fourth-order valence-electron chi connectivity index (χ4n) is 2.74. The second-order valence-electron chi connectivity index (χ2n) is 5.57. The lowest BCUT2D eigenvalue weighted by Crippen LogP contribution is -2.48. The lowest BCUT2D eigenvalue weighted by atomic mass is 10.00. The van der Waals surface area contributed by atoms with Crippen molar-refractivity contribution in [2.24, 2.45) is 13.0 Å². The molecule has 120 valence electrons. The molecular weight excluding hydrogens is 292 g/mol. The molecule has 0 spiro atoms. The van der Waals surface area contributed by atoms with Crippen LogP contribution >= 0.6 is 0 Å². The van der Waals surface area contributed by atoms with E-state index in [9.17, 15) is 8.42 Å². The zero-order chi connectivity index (χ0) is 15.5. The van der Waals surface area contributed by atoms with E-state index in [4.69, 9.17) is 0 Å². The molecule has 2 atom stereocenters. The van der Waals surface area contributed by atoms with E-state index in [0.29, 0.717) is 24.8 Å². The molecule has 1 aromatic heterocycles. The predicted octanol–water partition coefficient (Wildman–Crippen LogP) is -0.358. The molecule has 1 aliphatic heterocycles. The monoisotopic (exact) mass is 316 g/mol. The Morgan fingerprint density at radius 2 is 2.29 bits per heavy atom. The Hall–Kier alpha value is -1.03. The topological polar surface area (TPSA) is 92.2 Å². The van der Waals surface area contributed by atoms with E-state index in [0.717, 1.165) is 19.4 Å². The Balaban J connectivity index is 2.02. The van der Waals surface area contributed by atoms with Crippen LogP contribution in [0, 0.1) is 5.92 Å². The lowest BCUT2D eigenvalue weighted by molar-refractivity contribution is 0.259. The van der Waals surface area contributed by atoms with Crippen LogP contribution < -0.4 is 10.0 Å². The molecule has 1 aromatic rings. The van der Waals surface area contributed by atoms with Crippen molar-refractivity contribution in [2.75, 3.05) is 26.7 Å². The van der Waals surface area contributed by atoms with Crippen LogP contribution in [0.25, 0.3) is 0 Å². The van der Waals surface area contributed by atoms with Crippen LogP contribution in [0.3, 0.4) is 0 Å². The fourth-order valence-corrected chi connectivity index (χ4v) is 4.21. The molecule has 1 aliphatic rings. The van der Waals surface area contributed by atoms with Crippen LogP contribution in [0.5, 0.6) is 0 Å². The largest absolute Gasteiger partial charge is 0.319 e. The highest BCUT2D eigenvalue weighted by molar-refractivity contribution is 7.87. The Labute approximate surface area is 126 Å². The van der Waals surface area contributed by atoms with Crippen molar-refractivity contribution in [3.05, 3.63) is 12.2 Å². The molecule has 2 heterocycles. The van der Waals surface area contributed by atoms with E-state index in [-0.39, 0.29) is 0 Å². The Morgan fingerprint density at radius 3 is 2.90 bits per heavy atom. The number of hydrogen-bond donors (Lipinski definition) is 2. The summed E-state index contributed by atoms with van der Waals surface area (Å²) in [5, 5.41) is 10.8. The molecule has 0 aliphatic carbocycles.